The van der Waals surface area contributed by atoms with Crippen molar-refractivity contribution < 1.29 is 4.74 Å². The summed E-state index contributed by atoms with van der Waals surface area (Å²) >= 11 is 0. The number of nitrogens with zero attached hydrogens (tertiary/aromatic N) is 1. The molecular weight excluding hydrogens is 186 g/mol. The van der Waals surface area contributed by atoms with Crippen LogP contribution in [0.15, 0.2) is 24.4 Å². The zero-order valence-electron chi connectivity index (χ0n) is 10.2. The van der Waals surface area contributed by atoms with Crippen LogP contribution in [0.4, 0.5) is 0 Å². The lowest BCUT2D eigenvalue weighted by Crippen LogP contribution is -2.23. The Morgan fingerprint density at radius 3 is 2.53 bits per heavy atom. The molecule has 0 fully saturated rings. The van der Waals surface area contributed by atoms with Gasteiger partial charge in [0.15, 0.2) is 0 Å². The first-order valence-corrected chi connectivity index (χ1v) is 5.58. The van der Waals surface area contributed by atoms with Gasteiger partial charge in [-0.2, -0.15) is 0 Å². The molecule has 0 saturated heterocycles. The van der Waals surface area contributed by atoms with Crippen molar-refractivity contribution in [3.8, 4) is 0 Å². The number of aromatic nitrogens is 1. The van der Waals surface area contributed by atoms with E-state index >= 15 is 0 Å². The van der Waals surface area contributed by atoms with Crippen LogP contribution in [-0.2, 0) is 4.74 Å². The summed E-state index contributed by atoms with van der Waals surface area (Å²) in [6.07, 6.45) is 2.90. The average Bonchev–Trinajstić information content (AvgIpc) is 2.19. The fourth-order valence-electron chi connectivity index (χ4n) is 1.38. The zero-order valence-corrected chi connectivity index (χ0v) is 10.2. The van der Waals surface area contributed by atoms with Crippen LogP contribution in [0.25, 0.3) is 0 Å². The first-order chi connectivity index (χ1) is 7.03. The Bertz CT molecular complexity index is 276. The molecule has 2 heteroatoms. The van der Waals surface area contributed by atoms with Gasteiger partial charge < -0.3 is 4.74 Å². The van der Waals surface area contributed by atoms with Crippen LogP contribution in [0.5, 0.6) is 0 Å². The largest absolute Gasteiger partial charge is 0.375 e. The van der Waals surface area contributed by atoms with E-state index in [1.165, 1.54) is 0 Å². The van der Waals surface area contributed by atoms with Crippen molar-refractivity contribution in [3.05, 3.63) is 30.1 Å². The number of hydrogen-bond donors (Lipinski definition) is 0. The van der Waals surface area contributed by atoms with Crippen LogP contribution in [0.1, 0.15) is 45.7 Å². The highest BCUT2D eigenvalue weighted by molar-refractivity contribution is 5.09. The monoisotopic (exact) mass is 207 g/mol. The summed E-state index contributed by atoms with van der Waals surface area (Å²) in [7, 11) is 0. The molecule has 0 aliphatic heterocycles. The molecule has 0 unspecified atom stereocenters. The Labute approximate surface area is 92.7 Å². The van der Waals surface area contributed by atoms with Crippen molar-refractivity contribution in [1.82, 2.24) is 4.98 Å². The Hall–Kier alpha value is -0.890. The summed E-state index contributed by atoms with van der Waals surface area (Å²) in [6, 6.07) is 6.04. The van der Waals surface area contributed by atoms with Crippen LogP contribution >= 0.6 is 0 Å². The smallest absolute Gasteiger partial charge is 0.0598 e. The Balaban J connectivity index is 2.58. The molecule has 1 atom stereocenters. The molecule has 0 radical (unpaired) electrons. The van der Waals surface area contributed by atoms with Gasteiger partial charge in [0, 0.05) is 17.8 Å². The van der Waals surface area contributed by atoms with Crippen molar-refractivity contribution in [2.75, 3.05) is 6.61 Å². The second kappa shape index (κ2) is 5.26. The number of hydrogen-bond acceptors (Lipinski definition) is 2. The van der Waals surface area contributed by atoms with E-state index in [2.05, 4.69) is 38.7 Å². The normalized spacial score (nSPS) is 13.9. The van der Waals surface area contributed by atoms with Crippen molar-refractivity contribution in [1.29, 1.82) is 0 Å². The first-order valence-electron chi connectivity index (χ1n) is 5.58. The van der Waals surface area contributed by atoms with Gasteiger partial charge in [0.25, 0.3) is 0 Å². The molecule has 84 valence electrons. The predicted octanol–water partition coefficient (Wildman–Crippen LogP) is 3.39. The molecule has 0 aromatic carbocycles. The minimum absolute atomic E-state index is 0.0673. The van der Waals surface area contributed by atoms with Crippen LogP contribution in [-0.4, -0.2) is 17.2 Å². The summed E-state index contributed by atoms with van der Waals surface area (Å²) in [5, 5.41) is 0. The van der Waals surface area contributed by atoms with Gasteiger partial charge in [0.2, 0.25) is 0 Å². The molecule has 0 spiro atoms. The highest BCUT2D eigenvalue weighted by Crippen LogP contribution is 2.20. The van der Waals surface area contributed by atoms with Crippen LogP contribution in [0.2, 0.25) is 0 Å². The maximum absolute atomic E-state index is 5.80. The minimum Gasteiger partial charge on any atom is -0.375 e. The lowest BCUT2D eigenvalue weighted by atomic mass is 10.0. The van der Waals surface area contributed by atoms with E-state index in [-0.39, 0.29) is 5.60 Å². The van der Waals surface area contributed by atoms with E-state index in [1.54, 1.807) is 0 Å². The number of rotatable bonds is 4. The van der Waals surface area contributed by atoms with Gasteiger partial charge in [-0.25, -0.2) is 0 Å². The topological polar surface area (TPSA) is 22.1 Å². The molecule has 0 saturated carbocycles. The average molecular weight is 207 g/mol. The van der Waals surface area contributed by atoms with Gasteiger partial charge in [-0.1, -0.05) is 13.0 Å². The highest BCUT2D eigenvalue weighted by Gasteiger charge is 2.16. The molecule has 1 rings (SSSR count). The Kier molecular flexibility index (Phi) is 4.28. The quantitative estimate of drug-likeness (QED) is 0.755. The van der Waals surface area contributed by atoms with Crippen molar-refractivity contribution >= 4 is 0 Å². The molecule has 0 N–H and O–H groups in total. The molecule has 2 nitrogen and oxygen atoms in total. The van der Waals surface area contributed by atoms with E-state index < -0.39 is 0 Å². The van der Waals surface area contributed by atoms with Crippen LogP contribution in [0, 0.1) is 0 Å². The SMILES string of the molecule is CC[C@@H](COC(C)(C)C)c1ccccn1. The molecule has 1 heterocycles. The molecule has 0 bridgehead atoms. The third-order valence-corrected chi connectivity index (χ3v) is 2.32. The molecule has 15 heavy (non-hydrogen) atoms. The predicted molar refractivity (Wildman–Crippen MR) is 63.0 cm³/mol. The maximum Gasteiger partial charge on any atom is 0.0598 e. The van der Waals surface area contributed by atoms with Gasteiger partial charge in [-0.3, -0.25) is 4.98 Å². The molecule has 0 aliphatic rings. The first kappa shape index (κ1) is 12.2. The van der Waals surface area contributed by atoms with Gasteiger partial charge in [0.05, 0.1) is 12.2 Å². The standard InChI is InChI=1S/C13H21NO/c1-5-11(10-15-13(2,3)4)12-8-6-7-9-14-12/h6-9,11H,5,10H2,1-4H3/t11-/m0/s1. The van der Waals surface area contributed by atoms with Gasteiger partial charge in [-0.15, -0.1) is 0 Å². The van der Waals surface area contributed by atoms with Crippen LogP contribution < -0.4 is 0 Å². The zero-order chi connectivity index (χ0) is 11.3. The second-order valence-electron chi connectivity index (χ2n) is 4.78. The Morgan fingerprint density at radius 2 is 2.07 bits per heavy atom. The molecular formula is C13H21NO. The summed E-state index contributed by atoms with van der Waals surface area (Å²) in [5.41, 5.74) is 1.06. The van der Waals surface area contributed by atoms with Crippen LogP contribution in [0.3, 0.4) is 0 Å². The van der Waals surface area contributed by atoms with Crippen molar-refractivity contribution in [2.24, 2.45) is 0 Å². The van der Waals surface area contributed by atoms with Crippen molar-refractivity contribution in [3.63, 3.8) is 0 Å². The second-order valence-corrected chi connectivity index (χ2v) is 4.78. The lowest BCUT2D eigenvalue weighted by Gasteiger charge is -2.23. The highest BCUT2D eigenvalue weighted by atomic mass is 16.5. The number of ether oxygens (including phenoxy) is 1. The van der Waals surface area contributed by atoms with Crippen molar-refractivity contribution in [2.45, 2.75) is 45.6 Å². The van der Waals surface area contributed by atoms with E-state index in [9.17, 15) is 0 Å². The molecule has 0 amide bonds. The summed E-state index contributed by atoms with van der Waals surface area (Å²) in [5.74, 6) is 0.408. The minimum atomic E-state index is -0.0673. The van der Waals surface area contributed by atoms with E-state index in [4.69, 9.17) is 4.74 Å². The third-order valence-electron chi connectivity index (χ3n) is 2.32. The molecule has 0 aliphatic carbocycles. The van der Waals surface area contributed by atoms with Gasteiger partial charge in [0.1, 0.15) is 0 Å². The Morgan fingerprint density at radius 1 is 1.33 bits per heavy atom. The van der Waals surface area contributed by atoms with E-state index in [0.29, 0.717) is 5.92 Å². The lowest BCUT2D eigenvalue weighted by molar-refractivity contribution is -0.0117. The number of pyridine rings is 1. The fourth-order valence-corrected chi connectivity index (χ4v) is 1.38. The van der Waals surface area contributed by atoms with Gasteiger partial charge in [-0.05, 0) is 39.3 Å². The summed E-state index contributed by atoms with van der Waals surface area (Å²) < 4.78 is 5.80. The summed E-state index contributed by atoms with van der Waals surface area (Å²) in [4.78, 5) is 4.37. The van der Waals surface area contributed by atoms with E-state index in [1.807, 2.05) is 18.3 Å². The third kappa shape index (κ3) is 4.43. The summed E-state index contributed by atoms with van der Waals surface area (Å²) in [6.45, 7) is 9.16. The maximum atomic E-state index is 5.80. The van der Waals surface area contributed by atoms with E-state index in [0.717, 1.165) is 18.7 Å². The molecule has 1 aromatic rings. The van der Waals surface area contributed by atoms with Gasteiger partial charge >= 0.3 is 0 Å². The fraction of sp³-hybridized carbons (Fsp3) is 0.615. The molecule has 1 aromatic heterocycles.